The lowest BCUT2D eigenvalue weighted by atomic mass is 10.00. The van der Waals surface area contributed by atoms with Crippen LogP contribution in [0.15, 0.2) is 36.4 Å². The summed E-state index contributed by atoms with van der Waals surface area (Å²) in [5.74, 6) is -2.67. The van der Waals surface area contributed by atoms with E-state index in [1.54, 1.807) is 6.07 Å². The fourth-order valence-corrected chi connectivity index (χ4v) is 1.53. The Labute approximate surface area is 95.7 Å². The molecule has 0 fully saturated rings. The molecular weight excluding hydrogens is 227 g/mol. The monoisotopic (exact) mass is 233 g/mol. The van der Waals surface area contributed by atoms with Crippen LogP contribution < -0.4 is 0 Å². The van der Waals surface area contributed by atoms with Gasteiger partial charge in [0.05, 0.1) is 11.6 Å². The second-order valence-corrected chi connectivity index (χ2v) is 3.43. The molecule has 0 saturated carbocycles. The van der Waals surface area contributed by atoms with Crippen LogP contribution in [-0.4, -0.2) is 0 Å². The third kappa shape index (κ3) is 2.13. The zero-order valence-electron chi connectivity index (χ0n) is 8.55. The molecule has 2 aromatic rings. The van der Waals surface area contributed by atoms with Crippen LogP contribution in [0.1, 0.15) is 5.56 Å². The van der Waals surface area contributed by atoms with Crippen LogP contribution in [0.4, 0.5) is 13.2 Å². The van der Waals surface area contributed by atoms with Gasteiger partial charge in [0.1, 0.15) is 5.82 Å². The van der Waals surface area contributed by atoms with Gasteiger partial charge in [-0.05, 0) is 29.8 Å². The molecule has 0 heterocycles. The van der Waals surface area contributed by atoms with E-state index in [1.807, 2.05) is 0 Å². The maximum absolute atomic E-state index is 13.1. The number of rotatable bonds is 1. The van der Waals surface area contributed by atoms with Crippen molar-refractivity contribution in [2.75, 3.05) is 0 Å². The maximum Gasteiger partial charge on any atom is 0.160 e. The highest BCUT2D eigenvalue weighted by Gasteiger charge is 2.11. The van der Waals surface area contributed by atoms with Crippen LogP contribution in [-0.2, 0) is 0 Å². The second kappa shape index (κ2) is 4.30. The van der Waals surface area contributed by atoms with Crippen LogP contribution >= 0.6 is 0 Å². The molecule has 0 aliphatic heterocycles. The van der Waals surface area contributed by atoms with Gasteiger partial charge in [-0.15, -0.1) is 0 Å². The first-order valence-corrected chi connectivity index (χ1v) is 4.77. The highest BCUT2D eigenvalue weighted by atomic mass is 19.2. The highest BCUT2D eigenvalue weighted by molar-refractivity contribution is 5.70. The summed E-state index contributed by atoms with van der Waals surface area (Å²) in [7, 11) is 0. The van der Waals surface area contributed by atoms with Gasteiger partial charge in [-0.3, -0.25) is 0 Å². The molecule has 2 rings (SSSR count). The molecule has 0 aromatic heterocycles. The summed E-state index contributed by atoms with van der Waals surface area (Å²) in [5, 5.41) is 8.83. The third-order valence-electron chi connectivity index (χ3n) is 2.32. The Morgan fingerprint density at radius 1 is 0.941 bits per heavy atom. The number of halogens is 3. The largest absolute Gasteiger partial charge is 0.207 e. The fraction of sp³-hybridized carbons (Fsp3) is 0. The predicted octanol–water partition coefficient (Wildman–Crippen LogP) is 3.64. The average Bonchev–Trinajstić information content (AvgIpc) is 2.32. The maximum atomic E-state index is 13.1. The number of nitrogens with zero attached hydrogens (tertiary/aromatic N) is 1. The Bertz CT molecular complexity index is 615. The van der Waals surface area contributed by atoms with Crippen LogP contribution in [0.3, 0.4) is 0 Å². The van der Waals surface area contributed by atoms with E-state index in [1.165, 1.54) is 18.2 Å². The number of nitriles is 1. The Hall–Kier alpha value is -2.28. The van der Waals surface area contributed by atoms with E-state index in [-0.39, 0.29) is 11.1 Å². The third-order valence-corrected chi connectivity index (χ3v) is 2.32. The second-order valence-electron chi connectivity index (χ2n) is 3.43. The van der Waals surface area contributed by atoms with E-state index in [2.05, 4.69) is 0 Å². The lowest BCUT2D eigenvalue weighted by molar-refractivity contribution is 0.508. The number of hydrogen-bond acceptors (Lipinski definition) is 1. The summed E-state index contributed by atoms with van der Waals surface area (Å²) in [6.45, 7) is 0. The van der Waals surface area contributed by atoms with Crippen molar-refractivity contribution in [1.82, 2.24) is 0 Å². The van der Waals surface area contributed by atoms with Crippen molar-refractivity contribution in [3.63, 3.8) is 0 Å². The Kier molecular flexibility index (Phi) is 2.84. The number of hydrogen-bond donors (Lipinski definition) is 0. The lowest BCUT2D eigenvalue weighted by Crippen LogP contribution is -1.91. The summed E-state index contributed by atoms with van der Waals surface area (Å²) in [4.78, 5) is 0. The van der Waals surface area contributed by atoms with Crippen molar-refractivity contribution < 1.29 is 13.2 Å². The first-order valence-electron chi connectivity index (χ1n) is 4.77. The van der Waals surface area contributed by atoms with Crippen molar-refractivity contribution in [2.45, 2.75) is 0 Å². The topological polar surface area (TPSA) is 23.8 Å². The predicted molar refractivity (Wildman–Crippen MR) is 56.5 cm³/mol. The van der Waals surface area contributed by atoms with Gasteiger partial charge in [-0.1, -0.05) is 12.1 Å². The van der Waals surface area contributed by atoms with E-state index < -0.39 is 17.5 Å². The Morgan fingerprint density at radius 2 is 1.65 bits per heavy atom. The van der Waals surface area contributed by atoms with Crippen molar-refractivity contribution >= 4 is 0 Å². The van der Waals surface area contributed by atoms with Gasteiger partial charge in [-0.25, -0.2) is 13.2 Å². The SMILES string of the molecule is N#Cc1cc(F)c(F)cc1-c1cccc(F)c1. The summed E-state index contributed by atoms with van der Waals surface area (Å²) < 4.78 is 39.1. The molecule has 4 heteroatoms. The zero-order chi connectivity index (χ0) is 12.4. The molecule has 0 unspecified atom stereocenters. The molecule has 0 atom stereocenters. The molecule has 2 aromatic carbocycles. The molecule has 1 nitrogen and oxygen atoms in total. The average molecular weight is 233 g/mol. The molecular formula is C13H6F3N. The quantitative estimate of drug-likeness (QED) is 0.737. The van der Waals surface area contributed by atoms with Gasteiger partial charge in [0.2, 0.25) is 0 Å². The van der Waals surface area contributed by atoms with Gasteiger partial charge >= 0.3 is 0 Å². The highest BCUT2D eigenvalue weighted by Crippen LogP contribution is 2.26. The van der Waals surface area contributed by atoms with Crippen LogP contribution in [0.25, 0.3) is 11.1 Å². The molecule has 0 bridgehead atoms. The van der Waals surface area contributed by atoms with E-state index in [9.17, 15) is 13.2 Å². The Morgan fingerprint density at radius 3 is 2.29 bits per heavy atom. The smallest absolute Gasteiger partial charge is 0.160 e. The molecule has 0 spiro atoms. The van der Waals surface area contributed by atoms with E-state index in [4.69, 9.17) is 5.26 Å². The lowest BCUT2D eigenvalue weighted by Gasteiger charge is -2.05. The summed E-state index contributed by atoms with van der Waals surface area (Å²) in [6.07, 6.45) is 0. The van der Waals surface area contributed by atoms with Crippen molar-refractivity contribution in [3.05, 3.63) is 59.4 Å². The minimum Gasteiger partial charge on any atom is -0.207 e. The van der Waals surface area contributed by atoms with E-state index in [0.717, 1.165) is 18.2 Å². The molecule has 0 aliphatic carbocycles. The summed E-state index contributed by atoms with van der Waals surface area (Å²) >= 11 is 0. The zero-order valence-corrected chi connectivity index (χ0v) is 8.55. The normalized spacial score (nSPS) is 10.0. The minimum absolute atomic E-state index is 0.0329. The summed E-state index contributed by atoms with van der Waals surface area (Å²) in [6, 6.07) is 8.80. The first-order chi connectivity index (χ1) is 8.11. The molecule has 17 heavy (non-hydrogen) atoms. The van der Waals surface area contributed by atoms with Gasteiger partial charge in [0, 0.05) is 5.56 Å². The van der Waals surface area contributed by atoms with Crippen molar-refractivity contribution in [2.24, 2.45) is 0 Å². The molecule has 0 N–H and O–H groups in total. The van der Waals surface area contributed by atoms with E-state index in [0.29, 0.717) is 5.56 Å². The molecule has 0 aliphatic rings. The molecule has 0 saturated heterocycles. The van der Waals surface area contributed by atoms with Crippen LogP contribution in [0.2, 0.25) is 0 Å². The summed E-state index contributed by atoms with van der Waals surface area (Å²) in [5.41, 5.74) is 0.473. The molecule has 84 valence electrons. The van der Waals surface area contributed by atoms with Crippen LogP contribution in [0.5, 0.6) is 0 Å². The van der Waals surface area contributed by atoms with Gasteiger partial charge < -0.3 is 0 Å². The van der Waals surface area contributed by atoms with E-state index >= 15 is 0 Å². The first kappa shape index (κ1) is 11.2. The van der Waals surface area contributed by atoms with Crippen LogP contribution in [0, 0.1) is 28.8 Å². The molecule has 0 radical (unpaired) electrons. The van der Waals surface area contributed by atoms with Gasteiger partial charge in [0.25, 0.3) is 0 Å². The minimum atomic E-state index is -1.10. The molecule has 0 amide bonds. The fourth-order valence-electron chi connectivity index (χ4n) is 1.53. The van der Waals surface area contributed by atoms with Crippen molar-refractivity contribution in [3.8, 4) is 17.2 Å². The Balaban J connectivity index is 2.67. The van der Waals surface area contributed by atoms with Gasteiger partial charge in [-0.2, -0.15) is 5.26 Å². The van der Waals surface area contributed by atoms with Crippen molar-refractivity contribution in [1.29, 1.82) is 5.26 Å². The number of benzene rings is 2. The van der Waals surface area contributed by atoms with Gasteiger partial charge in [0.15, 0.2) is 11.6 Å². The standard InChI is InChI=1S/C13H6F3N/c14-10-3-1-2-8(4-10)11-6-13(16)12(15)5-9(11)7-17/h1-6H.